The molecule has 0 saturated heterocycles. The van der Waals surface area contributed by atoms with Crippen LogP contribution in [0, 0.1) is 5.41 Å². The number of carbonyl (C=O) groups is 3. The first-order valence-electron chi connectivity index (χ1n) is 14.6. The highest BCUT2D eigenvalue weighted by Gasteiger charge is 2.34. The van der Waals surface area contributed by atoms with Crippen molar-refractivity contribution in [2.75, 3.05) is 13.1 Å². The van der Waals surface area contributed by atoms with Crippen LogP contribution in [0.5, 0.6) is 0 Å². The summed E-state index contributed by atoms with van der Waals surface area (Å²) in [5.41, 5.74) is -0.361. The van der Waals surface area contributed by atoms with Crippen molar-refractivity contribution in [1.29, 1.82) is 0 Å². The zero-order valence-corrected chi connectivity index (χ0v) is 23.9. The molecule has 0 aromatic heterocycles. The maximum Gasteiger partial charge on any atom is 0.303 e. The summed E-state index contributed by atoms with van der Waals surface area (Å²) >= 11 is 0. The molecule has 0 heterocycles. The van der Waals surface area contributed by atoms with Gasteiger partial charge in [0.15, 0.2) is 0 Å². The molecule has 0 aromatic rings. The molecular weight excluding hydrogens is 488 g/mol. The number of carboxylic acids is 1. The largest absolute Gasteiger partial charge is 0.481 e. The van der Waals surface area contributed by atoms with Crippen LogP contribution in [0.2, 0.25) is 0 Å². The van der Waals surface area contributed by atoms with Gasteiger partial charge in [-0.15, -0.1) is 0 Å². The molecule has 6 heteroatoms. The normalized spacial score (nSPS) is 15.9. The van der Waals surface area contributed by atoms with Gasteiger partial charge < -0.3 is 15.7 Å². The molecule has 0 aliphatic heterocycles. The van der Waals surface area contributed by atoms with Crippen LogP contribution in [0.4, 0.5) is 0 Å². The summed E-state index contributed by atoms with van der Waals surface area (Å²) in [5.74, 6) is -1.26. The number of aliphatic carboxylic acids is 1. The second kappa shape index (κ2) is 22.8. The summed E-state index contributed by atoms with van der Waals surface area (Å²) in [5, 5.41) is 14.7. The first kappa shape index (κ1) is 33.9. The molecule has 6 nitrogen and oxygen atoms in total. The second-order valence-electron chi connectivity index (χ2n) is 10.1. The lowest BCUT2D eigenvalue weighted by Gasteiger charge is -2.36. The van der Waals surface area contributed by atoms with Crippen LogP contribution in [0.15, 0.2) is 72.9 Å². The number of carbonyl (C=O) groups excluding carboxylic acids is 2. The van der Waals surface area contributed by atoms with Gasteiger partial charge in [-0.1, -0.05) is 99.1 Å². The molecule has 1 aliphatic carbocycles. The first-order chi connectivity index (χ1) is 19.0. The van der Waals surface area contributed by atoms with Crippen molar-refractivity contribution >= 4 is 17.8 Å². The van der Waals surface area contributed by atoms with Gasteiger partial charge in [0.05, 0.1) is 13.0 Å². The van der Waals surface area contributed by atoms with Crippen LogP contribution in [0.25, 0.3) is 0 Å². The SMILES string of the molecule is CCC=CCC=CCC=CCC=CCC=CCC=CCCC(=O)NCC(=O)NCC1(CC(=O)O)CCCCC1. The van der Waals surface area contributed by atoms with Gasteiger partial charge in [0.25, 0.3) is 0 Å². The van der Waals surface area contributed by atoms with Crippen LogP contribution in [-0.2, 0) is 14.4 Å². The number of amides is 2. The third-order valence-corrected chi connectivity index (χ3v) is 6.68. The van der Waals surface area contributed by atoms with E-state index in [-0.39, 0.29) is 30.2 Å². The molecule has 2 amide bonds. The van der Waals surface area contributed by atoms with E-state index in [1.807, 2.05) is 12.2 Å². The quantitative estimate of drug-likeness (QED) is 0.144. The summed E-state index contributed by atoms with van der Waals surface area (Å²) in [6.07, 6.45) is 37.3. The lowest BCUT2D eigenvalue weighted by Crippen LogP contribution is -2.44. The molecule has 1 saturated carbocycles. The molecule has 3 N–H and O–H groups in total. The van der Waals surface area contributed by atoms with Crippen molar-refractivity contribution in [2.24, 2.45) is 5.41 Å². The Balaban J connectivity index is 2.07. The lowest BCUT2D eigenvalue weighted by atomic mass is 9.71. The Morgan fingerprint density at radius 1 is 0.667 bits per heavy atom. The molecular formula is C33H50N2O4. The number of allylic oxidation sites excluding steroid dienone is 12. The second-order valence-corrected chi connectivity index (χ2v) is 10.1. The summed E-state index contributed by atoms with van der Waals surface area (Å²) in [7, 11) is 0. The van der Waals surface area contributed by atoms with Crippen molar-refractivity contribution in [3.05, 3.63) is 72.9 Å². The zero-order chi connectivity index (χ0) is 28.4. The van der Waals surface area contributed by atoms with E-state index < -0.39 is 5.97 Å². The predicted molar refractivity (Wildman–Crippen MR) is 161 cm³/mol. The zero-order valence-electron chi connectivity index (χ0n) is 23.9. The van der Waals surface area contributed by atoms with E-state index in [9.17, 15) is 19.5 Å². The molecule has 0 aromatic carbocycles. The fraction of sp³-hybridized carbons (Fsp3) is 0.545. The molecule has 0 bridgehead atoms. The number of hydrogen-bond acceptors (Lipinski definition) is 3. The third kappa shape index (κ3) is 19.6. The number of rotatable bonds is 20. The molecule has 1 rings (SSSR count). The highest BCUT2D eigenvalue weighted by molar-refractivity contribution is 5.84. The Bertz CT molecular complexity index is 874. The first-order valence-corrected chi connectivity index (χ1v) is 14.6. The number of hydrogen-bond donors (Lipinski definition) is 3. The van der Waals surface area contributed by atoms with Crippen molar-refractivity contribution in [3.63, 3.8) is 0 Å². The van der Waals surface area contributed by atoms with Gasteiger partial charge in [0.1, 0.15) is 0 Å². The Morgan fingerprint density at radius 3 is 1.64 bits per heavy atom. The summed E-state index contributed by atoms with van der Waals surface area (Å²) in [6.45, 7) is 2.42. The molecule has 39 heavy (non-hydrogen) atoms. The highest BCUT2D eigenvalue weighted by Crippen LogP contribution is 2.38. The van der Waals surface area contributed by atoms with Crippen LogP contribution in [0.1, 0.15) is 96.8 Å². The van der Waals surface area contributed by atoms with E-state index in [4.69, 9.17) is 0 Å². The minimum atomic E-state index is -0.825. The standard InChI is InChI=1S/C33H50N2O4/c1-2-3-4-5-6-7-8-9-10-11-12-13-14-15-16-17-18-19-21-24-30(36)34-28-31(37)35-29-33(27-32(38)39)25-22-20-23-26-33/h3-4,6-7,9-10,12-13,15-16,18-19H,2,5,8,11,14,17,20-29H2,1H3,(H,34,36)(H,35,37)(H,38,39). The maximum atomic E-state index is 12.2. The van der Waals surface area contributed by atoms with Crippen LogP contribution < -0.4 is 10.6 Å². The highest BCUT2D eigenvalue weighted by atomic mass is 16.4. The monoisotopic (exact) mass is 538 g/mol. The average molecular weight is 539 g/mol. The summed E-state index contributed by atoms with van der Waals surface area (Å²) in [6, 6.07) is 0. The van der Waals surface area contributed by atoms with E-state index in [0.29, 0.717) is 19.4 Å². The van der Waals surface area contributed by atoms with E-state index in [0.717, 1.165) is 70.6 Å². The van der Waals surface area contributed by atoms with E-state index in [1.54, 1.807) is 0 Å². The minimum Gasteiger partial charge on any atom is -0.481 e. The van der Waals surface area contributed by atoms with Gasteiger partial charge in [-0.25, -0.2) is 0 Å². The topological polar surface area (TPSA) is 95.5 Å². The van der Waals surface area contributed by atoms with Crippen molar-refractivity contribution in [1.82, 2.24) is 10.6 Å². The van der Waals surface area contributed by atoms with Gasteiger partial charge >= 0.3 is 5.97 Å². The minimum absolute atomic E-state index is 0.0750. The lowest BCUT2D eigenvalue weighted by molar-refractivity contribution is -0.140. The van der Waals surface area contributed by atoms with Gasteiger partial charge in [-0.3, -0.25) is 14.4 Å². The smallest absolute Gasteiger partial charge is 0.303 e. The fourth-order valence-electron chi connectivity index (χ4n) is 4.51. The van der Waals surface area contributed by atoms with Crippen molar-refractivity contribution in [3.8, 4) is 0 Å². The van der Waals surface area contributed by atoms with Crippen molar-refractivity contribution < 1.29 is 19.5 Å². The Hall–Kier alpha value is -3.15. The molecule has 0 unspecified atom stereocenters. The van der Waals surface area contributed by atoms with Crippen LogP contribution >= 0.6 is 0 Å². The van der Waals surface area contributed by atoms with Gasteiger partial charge in [0, 0.05) is 13.0 Å². The van der Waals surface area contributed by atoms with Crippen LogP contribution in [0.3, 0.4) is 0 Å². The van der Waals surface area contributed by atoms with Gasteiger partial charge in [-0.05, 0) is 63.2 Å². The van der Waals surface area contributed by atoms with Gasteiger partial charge in [0.2, 0.25) is 11.8 Å². The fourth-order valence-corrected chi connectivity index (χ4v) is 4.51. The Kier molecular flexibility index (Phi) is 19.8. The third-order valence-electron chi connectivity index (χ3n) is 6.68. The van der Waals surface area contributed by atoms with Gasteiger partial charge in [-0.2, -0.15) is 0 Å². The van der Waals surface area contributed by atoms with Crippen molar-refractivity contribution in [2.45, 2.75) is 96.8 Å². The van der Waals surface area contributed by atoms with E-state index in [1.165, 1.54) is 0 Å². The maximum absolute atomic E-state index is 12.2. The van der Waals surface area contributed by atoms with E-state index >= 15 is 0 Å². The molecule has 0 radical (unpaired) electrons. The molecule has 0 spiro atoms. The molecule has 1 aliphatic rings. The Labute approximate surface area is 236 Å². The Morgan fingerprint density at radius 2 is 1.15 bits per heavy atom. The number of nitrogens with one attached hydrogen (secondary N) is 2. The van der Waals surface area contributed by atoms with E-state index in [2.05, 4.69) is 78.3 Å². The van der Waals surface area contributed by atoms with Crippen LogP contribution in [-0.4, -0.2) is 36.0 Å². The molecule has 216 valence electrons. The molecule has 1 fully saturated rings. The summed E-state index contributed by atoms with van der Waals surface area (Å²) in [4.78, 5) is 35.4. The predicted octanol–water partition coefficient (Wildman–Crippen LogP) is 7.12. The average Bonchev–Trinajstić information content (AvgIpc) is 2.92. The molecule has 0 atom stereocenters. The number of carboxylic acid groups (broad SMARTS) is 1. The summed E-state index contributed by atoms with van der Waals surface area (Å²) < 4.78 is 0.